The van der Waals surface area contributed by atoms with E-state index in [4.69, 9.17) is 9.05 Å². The first kappa shape index (κ1) is 21.5. The van der Waals surface area contributed by atoms with Crippen LogP contribution in [-0.4, -0.2) is 4.89 Å². The third kappa shape index (κ3) is 5.60. The zero-order chi connectivity index (χ0) is 20.6. The van der Waals surface area contributed by atoms with Gasteiger partial charge in [0.05, 0.1) is 0 Å². The summed E-state index contributed by atoms with van der Waals surface area (Å²) >= 11 is 0. The summed E-state index contributed by atoms with van der Waals surface area (Å²) in [7, 11) is -4.30. The smallest absolute Gasteiger partial charge is 0.395 e. The highest BCUT2D eigenvalue weighted by Crippen LogP contribution is 2.46. The molecule has 2 rings (SSSR count). The van der Waals surface area contributed by atoms with E-state index in [1.165, 1.54) is 0 Å². The van der Waals surface area contributed by atoms with Crippen LogP contribution in [0.1, 0.15) is 63.8 Å². The van der Waals surface area contributed by atoms with E-state index in [1.54, 1.807) is 12.1 Å². The van der Waals surface area contributed by atoms with Gasteiger partial charge in [0.25, 0.3) is 0 Å². The van der Waals surface area contributed by atoms with Crippen LogP contribution in [0.2, 0.25) is 0 Å². The van der Waals surface area contributed by atoms with Gasteiger partial charge in [-0.25, -0.2) is 4.57 Å². The minimum atomic E-state index is -4.30. The molecule has 0 spiro atoms. The maximum absolute atomic E-state index is 12.5. The van der Waals surface area contributed by atoms with Crippen molar-refractivity contribution in [1.82, 2.24) is 0 Å². The Morgan fingerprint density at radius 2 is 1.07 bits per heavy atom. The molecular formula is C22H31O4P. The second kappa shape index (κ2) is 7.33. The summed E-state index contributed by atoms with van der Waals surface area (Å²) in [5.74, 6) is 0.690. The quantitative estimate of drug-likeness (QED) is 0.609. The summed E-state index contributed by atoms with van der Waals surface area (Å²) in [6.07, 6.45) is 0. The van der Waals surface area contributed by atoms with Crippen LogP contribution in [0.25, 0.3) is 0 Å². The molecule has 0 aliphatic rings. The highest BCUT2D eigenvalue weighted by atomic mass is 31.2. The van der Waals surface area contributed by atoms with E-state index in [0.717, 1.165) is 22.3 Å². The minimum Gasteiger partial charge on any atom is -0.395 e. The maximum Gasteiger partial charge on any atom is 0.584 e. The summed E-state index contributed by atoms with van der Waals surface area (Å²) in [6.45, 7) is 16.4. The van der Waals surface area contributed by atoms with Crippen molar-refractivity contribution in [3.05, 3.63) is 58.7 Å². The Morgan fingerprint density at radius 3 is 1.33 bits per heavy atom. The second-order valence-corrected chi connectivity index (χ2v) is 10.4. The normalized spacial score (nSPS) is 12.8. The van der Waals surface area contributed by atoms with Crippen molar-refractivity contribution in [2.24, 2.45) is 0 Å². The monoisotopic (exact) mass is 390 g/mol. The molecular weight excluding hydrogens is 359 g/mol. The molecule has 0 saturated heterocycles. The van der Waals surface area contributed by atoms with E-state index in [1.807, 2.05) is 38.1 Å². The Morgan fingerprint density at radius 1 is 0.741 bits per heavy atom. The molecule has 0 aromatic heterocycles. The molecule has 0 bridgehead atoms. The average molecular weight is 390 g/mol. The van der Waals surface area contributed by atoms with Crippen molar-refractivity contribution in [2.75, 3.05) is 0 Å². The number of phosphoric acid groups is 1. The number of aryl methyl sites for hydroxylation is 2. The van der Waals surface area contributed by atoms with Gasteiger partial charge in [-0.3, -0.25) is 4.89 Å². The molecule has 0 heterocycles. The lowest BCUT2D eigenvalue weighted by molar-refractivity contribution is 0.289. The van der Waals surface area contributed by atoms with Crippen molar-refractivity contribution in [3.63, 3.8) is 0 Å². The zero-order valence-corrected chi connectivity index (χ0v) is 18.5. The number of benzene rings is 2. The van der Waals surface area contributed by atoms with E-state index in [2.05, 4.69) is 41.5 Å². The second-order valence-electron chi connectivity index (χ2n) is 9.11. The molecule has 2 aromatic rings. The fourth-order valence-electron chi connectivity index (χ4n) is 2.70. The Bertz CT molecular complexity index is 803. The van der Waals surface area contributed by atoms with Crippen molar-refractivity contribution in [1.29, 1.82) is 0 Å². The summed E-state index contributed by atoms with van der Waals surface area (Å²) in [5, 5.41) is 0. The lowest BCUT2D eigenvalue weighted by Crippen LogP contribution is -2.12. The number of hydrogen-bond acceptors (Lipinski definition) is 3. The maximum atomic E-state index is 12.5. The molecule has 0 unspecified atom stereocenters. The first-order valence-electron chi connectivity index (χ1n) is 9.13. The summed E-state index contributed by atoms with van der Waals surface area (Å²) in [4.78, 5) is 10.2. The van der Waals surface area contributed by atoms with Gasteiger partial charge < -0.3 is 9.05 Å². The van der Waals surface area contributed by atoms with Crippen LogP contribution in [0.5, 0.6) is 11.5 Å². The van der Waals surface area contributed by atoms with Crippen LogP contribution >= 0.6 is 7.82 Å². The standard InChI is InChI=1S/C22H31O4P/c1-15-13-17(21(3,4)5)9-11-19(15)25-27(23,24)26-20-12-10-18(14-16(20)2)22(6,7)8/h9-14H,1-8H3,(H,23,24). The van der Waals surface area contributed by atoms with Crippen molar-refractivity contribution in [2.45, 2.75) is 66.2 Å². The van der Waals surface area contributed by atoms with Crippen LogP contribution in [-0.2, 0) is 15.4 Å². The molecule has 0 aliphatic carbocycles. The van der Waals surface area contributed by atoms with E-state index >= 15 is 0 Å². The Balaban J connectivity index is 2.22. The lowest BCUT2D eigenvalue weighted by atomic mass is 9.86. The first-order chi connectivity index (χ1) is 12.2. The highest BCUT2D eigenvalue weighted by Gasteiger charge is 2.27. The number of phosphoric ester groups is 1. The number of hydrogen-bond donors (Lipinski definition) is 1. The third-order valence-corrected chi connectivity index (χ3v) is 5.36. The van der Waals surface area contributed by atoms with Crippen molar-refractivity contribution >= 4 is 7.82 Å². The molecule has 4 nitrogen and oxygen atoms in total. The minimum absolute atomic E-state index is 0.00534. The van der Waals surface area contributed by atoms with Gasteiger partial charge in [0.1, 0.15) is 11.5 Å². The average Bonchev–Trinajstić information content (AvgIpc) is 2.49. The van der Waals surface area contributed by atoms with E-state index in [0.29, 0.717) is 11.5 Å². The Hall–Kier alpha value is -1.77. The van der Waals surface area contributed by atoms with Crippen molar-refractivity contribution in [3.8, 4) is 11.5 Å². The fraction of sp³-hybridized carbons (Fsp3) is 0.455. The predicted molar refractivity (Wildman–Crippen MR) is 111 cm³/mol. The lowest BCUT2D eigenvalue weighted by Gasteiger charge is -2.22. The van der Waals surface area contributed by atoms with E-state index in [-0.39, 0.29) is 10.8 Å². The van der Waals surface area contributed by atoms with Gasteiger partial charge in [-0.15, -0.1) is 0 Å². The number of rotatable bonds is 4. The molecule has 0 atom stereocenters. The molecule has 2 aromatic carbocycles. The topological polar surface area (TPSA) is 55.8 Å². The highest BCUT2D eigenvalue weighted by molar-refractivity contribution is 7.48. The van der Waals surface area contributed by atoms with E-state index in [9.17, 15) is 9.46 Å². The third-order valence-electron chi connectivity index (χ3n) is 4.51. The van der Waals surface area contributed by atoms with Gasteiger partial charge in [0.2, 0.25) is 0 Å². The van der Waals surface area contributed by atoms with Gasteiger partial charge >= 0.3 is 7.82 Å². The van der Waals surface area contributed by atoms with Crippen LogP contribution in [0.4, 0.5) is 0 Å². The molecule has 27 heavy (non-hydrogen) atoms. The summed E-state index contributed by atoms with van der Waals surface area (Å²) in [5.41, 5.74) is 3.84. The van der Waals surface area contributed by atoms with Gasteiger partial charge in [-0.05, 0) is 59.1 Å². The van der Waals surface area contributed by atoms with Crippen molar-refractivity contribution < 1.29 is 18.5 Å². The van der Waals surface area contributed by atoms with Gasteiger partial charge in [-0.1, -0.05) is 65.8 Å². The molecule has 0 aliphatic heterocycles. The molecule has 148 valence electrons. The fourth-order valence-corrected chi connectivity index (χ4v) is 3.65. The first-order valence-corrected chi connectivity index (χ1v) is 10.6. The predicted octanol–water partition coefficient (Wildman–Crippen LogP) is 6.46. The Kier molecular flexibility index (Phi) is 5.85. The molecule has 0 radical (unpaired) electrons. The van der Waals surface area contributed by atoms with Crippen LogP contribution < -0.4 is 9.05 Å². The molecule has 0 saturated carbocycles. The molecule has 5 heteroatoms. The van der Waals surface area contributed by atoms with Gasteiger partial charge in [0, 0.05) is 0 Å². The summed E-state index contributed by atoms with van der Waals surface area (Å²) in [6, 6.07) is 11.2. The Labute approximate surface area is 163 Å². The summed E-state index contributed by atoms with van der Waals surface area (Å²) < 4.78 is 23.2. The van der Waals surface area contributed by atoms with Crippen LogP contribution in [0, 0.1) is 13.8 Å². The largest absolute Gasteiger partial charge is 0.584 e. The molecule has 0 amide bonds. The van der Waals surface area contributed by atoms with Crippen LogP contribution in [0.15, 0.2) is 36.4 Å². The van der Waals surface area contributed by atoms with Gasteiger partial charge in [-0.2, -0.15) is 0 Å². The molecule has 1 N–H and O–H groups in total. The SMILES string of the molecule is Cc1cc(C(C)(C)C)ccc1OP(=O)(O)Oc1ccc(C(C)(C)C)cc1C. The van der Waals surface area contributed by atoms with Crippen LogP contribution in [0.3, 0.4) is 0 Å². The van der Waals surface area contributed by atoms with Gasteiger partial charge in [0.15, 0.2) is 0 Å². The molecule has 0 fully saturated rings. The zero-order valence-electron chi connectivity index (χ0n) is 17.6. The van der Waals surface area contributed by atoms with E-state index < -0.39 is 7.82 Å².